The van der Waals surface area contributed by atoms with Gasteiger partial charge >= 0.3 is 6.18 Å². The van der Waals surface area contributed by atoms with Gasteiger partial charge in [0.25, 0.3) is 0 Å². The van der Waals surface area contributed by atoms with Gasteiger partial charge in [-0.15, -0.1) is 10.2 Å². The van der Waals surface area contributed by atoms with E-state index in [2.05, 4.69) is 15.5 Å². The lowest BCUT2D eigenvalue weighted by Gasteiger charge is -2.21. The summed E-state index contributed by atoms with van der Waals surface area (Å²) in [6.45, 7) is 3.64. The molecule has 0 fully saturated rings. The van der Waals surface area contributed by atoms with E-state index in [1.165, 1.54) is 12.1 Å². The van der Waals surface area contributed by atoms with Crippen molar-refractivity contribution in [1.82, 2.24) is 20.1 Å². The van der Waals surface area contributed by atoms with Gasteiger partial charge in [-0.2, -0.15) is 13.2 Å². The number of rotatable bonds is 2. The quantitative estimate of drug-likeness (QED) is 0.926. The Morgan fingerprint density at radius 2 is 1.95 bits per heavy atom. The van der Waals surface area contributed by atoms with E-state index in [-0.39, 0.29) is 6.04 Å². The molecule has 2 aromatic rings. The zero-order chi connectivity index (χ0) is 15.0. The fourth-order valence-electron chi connectivity index (χ4n) is 2.52. The second kappa shape index (κ2) is 5.14. The summed E-state index contributed by atoms with van der Waals surface area (Å²) in [5.41, 5.74) is 0.164. The van der Waals surface area contributed by atoms with Crippen molar-refractivity contribution in [1.29, 1.82) is 0 Å². The van der Waals surface area contributed by atoms with Gasteiger partial charge in [-0.1, -0.05) is 12.1 Å². The standard InChI is InChI=1S/C14H15F3N4/c1-9-13-20-19-12(21(13)7-6-18-9)8-10-2-4-11(5-3-10)14(15,16)17/h2-5,9,18H,6-8H2,1H3. The first-order valence-electron chi connectivity index (χ1n) is 6.76. The normalized spacial score (nSPS) is 18.6. The van der Waals surface area contributed by atoms with Crippen LogP contribution in [0.3, 0.4) is 0 Å². The number of nitrogens with one attached hydrogen (secondary N) is 1. The van der Waals surface area contributed by atoms with Gasteiger partial charge in [-0.05, 0) is 24.6 Å². The number of alkyl halides is 3. The Morgan fingerprint density at radius 1 is 1.24 bits per heavy atom. The van der Waals surface area contributed by atoms with E-state index in [1.54, 1.807) is 0 Å². The number of fused-ring (bicyclic) bond motifs is 1. The predicted octanol–water partition coefficient (Wildman–Crippen LogP) is 2.55. The lowest BCUT2D eigenvalue weighted by molar-refractivity contribution is -0.137. The molecule has 1 aliphatic rings. The average Bonchev–Trinajstić information content (AvgIpc) is 2.83. The zero-order valence-electron chi connectivity index (χ0n) is 11.5. The Balaban J connectivity index is 1.81. The van der Waals surface area contributed by atoms with Crippen molar-refractivity contribution in [2.75, 3.05) is 6.54 Å². The van der Waals surface area contributed by atoms with Crippen LogP contribution < -0.4 is 5.32 Å². The van der Waals surface area contributed by atoms with Crippen LogP contribution in [0.1, 0.15) is 35.7 Å². The highest BCUT2D eigenvalue weighted by atomic mass is 19.4. The topological polar surface area (TPSA) is 42.7 Å². The molecule has 0 saturated carbocycles. The van der Waals surface area contributed by atoms with Gasteiger partial charge in [0.1, 0.15) is 11.6 Å². The maximum absolute atomic E-state index is 12.5. The molecule has 1 unspecified atom stereocenters. The smallest absolute Gasteiger partial charge is 0.312 e. The Hall–Kier alpha value is -1.89. The summed E-state index contributed by atoms with van der Waals surface area (Å²) < 4.78 is 39.6. The Kier molecular flexibility index (Phi) is 3.44. The van der Waals surface area contributed by atoms with E-state index in [0.717, 1.165) is 42.4 Å². The molecule has 112 valence electrons. The third-order valence-electron chi connectivity index (χ3n) is 3.67. The summed E-state index contributed by atoms with van der Waals surface area (Å²) in [6.07, 6.45) is -3.81. The highest BCUT2D eigenvalue weighted by molar-refractivity contribution is 5.27. The molecule has 4 nitrogen and oxygen atoms in total. The van der Waals surface area contributed by atoms with E-state index in [1.807, 2.05) is 11.5 Å². The number of hydrogen-bond acceptors (Lipinski definition) is 3. The molecule has 7 heteroatoms. The van der Waals surface area contributed by atoms with Crippen molar-refractivity contribution < 1.29 is 13.2 Å². The highest BCUT2D eigenvalue weighted by Crippen LogP contribution is 2.29. The van der Waals surface area contributed by atoms with E-state index >= 15 is 0 Å². The minimum Gasteiger partial charge on any atom is -0.312 e. The van der Waals surface area contributed by atoms with Crippen molar-refractivity contribution in [2.24, 2.45) is 0 Å². The summed E-state index contributed by atoms with van der Waals surface area (Å²) in [5.74, 6) is 1.67. The van der Waals surface area contributed by atoms with Crippen LogP contribution in [0.4, 0.5) is 13.2 Å². The molecule has 0 spiro atoms. The fraction of sp³-hybridized carbons (Fsp3) is 0.429. The van der Waals surface area contributed by atoms with Crippen molar-refractivity contribution in [3.05, 3.63) is 47.0 Å². The van der Waals surface area contributed by atoms with Crippen LogP contribution in [-0.2, 0) is 19.1 Å². The molecule has 0 amide bonds. The van der Waals surface area contributed by atoms with Gasteiger partial charge in [0.05, 0.1) is 11.6 Å². The van der Waals surface area contributed by atoms with Gasteiger partial charge < -0.3 is 9.88 Å². The Labute approximate surface area is 120 Å². The summed E-state index contributed by atoms with van der Waals surface area (Å²) >= 11 is 0. The van der Waals surface area contributed by atoms with E-state index in [9.17, 15) is 13.2 Å². The molecule has 2 heterocycles. The summed E-state index contributed by atoms with van der Waals surface area (Å²) in [6, 6.07) is 5.34. The second-order valence-electron chi connectivity index (χ2n) is 5.17. The largest absolute Gasteiger partial charge is 0.416 e. The first-order chi connectivity index (χ1) is 9.95. The number of hydrogen-bond donors (Lipinski definition) is 1. The minimum absolute atomic E-state index is 0.146. The van der Waals surface area contributed by atoms with Gasteiger partial charge in [0, 0.05) is 19.5 Å². The van der Waals surface area contributed by atoms with Crippen LogP contribution in [0.15, 0.2) is 24.3 Å². The maximum atomic E-state index is 12.5. The lowest BCUT2D eigenvalue weighted by Crippen LogP contribution is -2.32. The van der Waals surface area contributed by atoms with Gasteiger partial charge in [0.15, 0.2) is 0 Å². The molecule has 0 saturated heterocycles. The van der Waals surface area contributed by atoms with Crippen LogP contribution in [0.5, 0.6) is 0 Å². The van der Waals surface area contributed by atoms with Crippen molar-refractivity contribution in [2.45, 2.75) is 32.1 Å². The Bertz CT molecular complexity index is 631. The summed E-state index contributed by atoms with van der Waals surface area (Å²) in [4.78, 5) is 0. The molecule has 0 radical (unpaired) electrons. The predicted molar refractivity (Wildman–Crippen MR) is 70.7 cm³/mol. The van der Waals surface area contributed by atoms with Crippen LogP contribution in [0, 0.1) is 0 Å². The molecule has 1 aromatic heterocycles. The zero-order valence-corrected chi connectivity index (χ0v) is 11.5. The van der Waals surface area contributed by atoms with E-state index in [4.69, 9.17) is 0 Å². The molecule has 1 atom stereocenters. The van der Waals surface area contributed by atoms with Gasteiger partial charge in [0.2, 0.25) is 0 Å². The number of nitrogens with zero attached hydrogens (tertiary/aromatic N) is 3. The monoisotopic (exact) mass is 296 g/mol. The molecule has 3 rings (SSSR count). The highest BCUT2D eigenvalue weighted by Gasteiger charge is 2.30. The molecule has 0 aliphatic carbocycles. The molecule has 1 N–H and O–H groups in total. The number of aromatic nitrogens is 3. The maximum Gasteiger partial charge on any atom is 0.416 e. The number of halogens is 3. The molecule has 1 aliphatic heterocycles. The fourth-order valence-corrected chi connectivity index (χ4v) is 2.52. The van der Waals surface area contributed by atoms with E-state index in [0.29, 0.717) is 6.42 Å². The van der Waals surface area contributed by atoms with Crippen LogP contribution in [0.25, 0.3) is 0 Å². The van der Waals surface area contributed by atoms with Crippen molar-refractivity contribution in [3.8, 4) is 0 Å². The SMILES string of the molecule is CC1NCCn2c(Cc3ccc(C(F)(F)F)cc3)nnc21. The van der Waals surface area contributed by atoms with Crippen LogP contribution in [0.2, 0.25) is 0 Å². The molecule has 0 bridgehead atoms. The second-order valence-corrected chi connectivity index (χ2v) is 5.17. The summed E-state index contributed by atoms with van der Waals surface area (Å²) in [7, 11) is 0. The summed E-state index contributed by atoms with van der Waals surface area (Å²) in [5, 5.41) is 11.6. The molecular formula is C14H15F3N4. The molecular weight excluding hydrogens is 281 g/mol. The Morgan fingerprint density at radius 3 is 2.62 bits per heavy atom. The average molecular weight is 296 g/mol. The van der Waals surface area contributed by atoms with Gasteiger partial charge in [-0.3, -0.25) is 0 Å². The molecule has 1 aromatic carbocycles. The van der Waals surface area contributed by atoms with Crippen LogP contribution >= 0.6 is 0 Å². The number of benzene rings is 1. The first kappa shape index (κ1) is 14.1. The third kappa shape index (κ3) is 2.78. The minimum atomic E-state index is -4.30. The van der Waals surface area contributed by atoms with Crippen molar-refractivity contribution in [3.63, 3.8) is 0 Å². The van der Waals surface area contributed by atoms with Crippen LogP contribution in [-0.4, -0.2) is 21.3 Å². The third-order valence-corrected chi connectivity index (χ3v) is 3.67. The molecule has 21 heavy (non-hydrogen) atoms. The first-order valence-corrected chi connectivity index (χ1v) is 6.76. The van der Waals surface area contributed by atoms with Crippen molar-refractivity contribution >= 4 is 0 Å². The van der Waals surface area contributed by atoms with Gasteiger partial charge in [-0.25, -0.2) is 0 Å². The lowest BCUT2D eigenvalue weighted by atomic mass is 10.1. The van der Waals surface area contributed by atoms with E-state index < -0.39 is 11.7 Å².